The summed E-state index contributed by atoms with van der Waals surface area (Å²) in [6.07, 6.45) is 0. The summed E-state index contributed by atoms with van der Waals surface area (Å²) in [5, 5.41) is 0. The molecule has 0 aromatic rings. The molecular weight excluding hydrogens is 216 g/mol. The molecule has 0 aromatic heterocycles. The van der Waals surface area contributed by atoms with Crippen LogP contribution in [-0.2, 0) is 24.0 Å². The van der Waals surface area contributed by atoms with Gasteiger partial charge in [0.2, 0.25) is 0 Å². The summed E-state index contributed by atoms with van der Waals surface area (Å²) in [5.74, 6) is 0. The van der Waals surface area contributed by atoms with Crippen LogP contribution in [0.25, 0.3) is 0 Å². The molecule has 0 rings (SSSR count). The van der Waals surface area contributed by atoms with E-state index >= 15 is 0 Å². The number of hydrogen-bond acceptors (Lipinski definition) is 5. The molecule has 5 nitrogen and oxygen atoms in total. The maximum atomic E-state index is 8.55. The summed E-state index contributed by atoms with van der Waals surface area (Å²) in [4.78, 5) is 25.6. The molecule has 0 aliphatic carbocycles. The van der Waals surface area contributed by atoms with Gasteiger partial charge < -0.3 is 24.7 Å². The van der Waals surface area contributed by atoms with Gasteiger partial charge in [-0.1, -0.05) is 0 Å². The van der Waals surface area contributed by atoms with E-state index in [0.717, 1.165) is 0 Å². The summed E-state index contributed by atoms with van der Waals surface area (Å²) >= 11 is 0. The predicted molar refractivity (Wildman–Crippen MR) is 15.3 cm³/mol. The molecule has 0 fully saturated rings. The van der Waals surface area contributed by atoms with Crippen molar-refractivity contribution in [1.82, 2.24) is 0 Å². The molecule has 40 valence electrons. The Morgan fingerprint density at radius 2 is 1.12 bits per heavy atom. The number of rotatable bonds is 0. The minimum absolute atomic E-state index is 0. The zero-order chi connectivity index (χ0) is 4.50. The minimum atomic E-state index is -5.39. The monoisotopic (exact) mass is 216 g/mol. The summed E-state index contributed by atoms with van der Waals surface area (Å²) < 4.78 is 8.55. The van der Waals surface area contributed by atoms with Crippen LogP contribution in [-0.4, -0.2) is 43.2 Å². The Morgan fingerprint density at radius 3 is 1.12 bits per heavy atom. The molecule has 0 heterocycles. The van der Waals surface area contributed by atoms with E-state index in [4.69, 9.17) is 19.2 Å². The molecule has 0 saturated heterocycles. The van der Waals surface area contributed by atoms with E-state index in [-0.39, 0.29) is 62.7 Å². The fourth-order valence-corrected chi connectivity index (χ4v) is 0. The van der Waals surface area contributed by atoms with Crippen LogP contribution in [0.4, 0.5) is 0 Å². The van der Waals surface area contributed by atoms with Crippen molar-refractivity contribution in [3.8, 4) is 0 Å². The molecule has 0 bridgehead atoms. The molecule has 8 heteroatoms. The molecule has 0 aromatic carbocycles. The first-order chi connectivity index (χ1) is 2.00. The Morgan fingerprint density at radius 1 is 1.12 bits per heavy atom. The smallest absolute Gasteiger partial charge is 0.870 e. The van der Waals surface area contributed by atoms with Crippen molar-refractivity contribution in [2.24, 2.45) is 0 Å². The Balaban J connectivity index is -0.0000000267. The molecule has 0 spiro atoms. The van der Waals surface area contributed by atoms with Crippen LogP contribution in [0.1, 0.15) is 0 Å². The summed E-state index contributed by atoms with van der Waals surface area (Å²) in [7, 11) is -5.39. The molecule has 0 amide bonds. The van der Waals surface area contributed by atoms with Crippen LogP contribution in [0.5, 0.6) is 0 Å². The third kappa shape index (κ3) is 101. The largest absolute Gasteiger partial charge is 2.00 e. The Hall–Kier alpha value is 1.95. The minimum Gasteiger partial charge on any atom is -0.870 e. The van der Waals surface area contributed by atoms with Crippen LogP contribution in [0.3, 0.4) is 0 Å². The molecular formula is HCaO5PZn. The van der Waals surface area contributed by atoms with Gasteiger partial charge in [-0.05, 0) is 0 Å². The molecule has 1 N–H and O–H groups in total. The first-order valence-electron chi connectivity index (χ1n) is 0.730. The van der Waals surface area contributed by atoms with E-state index in [0.29, 0.717) is 0 Å². The standard InChI is InChI=1S/Ca.H3O4P.H2O.Zn/c;1-5(2,3)4;;/h;(H3,1,2,3,4);1H2;/q+2;;;+2/p-4. The van der Waals surface area contributed by atoms with E-state index in [1.165, 1.54) is 0 Å². The van der Waals surface area contributed by atoms with Gasteiger partial charge in [0.05, 0.1) is 0 Å². The van der Waals surface area contributed by atoms with Crippen LogP contribution in [0, 0.1) is 0 Å². The van der Waals surface area contributed by atoms with E-state index in [9.17, 15) is 0 Å². The molecule has 0 unspecified atom stereocenters. The van der Waals surface area contributed by atoms with E-state index < -0.39 is 7.82 Å². The maximum absolute atomic E-state index is 8.55. The zero-order valence-corrected chi connectivity index (χ0v) is 10.0. The van der Waals surface area contributed by atoms with Gasteiger partial charge in [0.15, 0.2) is 0 Å². The third-order valence-corrected chi connectivity index (χ3v) is 0. The van der Waals surface area contributed by atoms with Crippen molar-refractivity contribution in [2.75, 3.05) is 0 Å². The van der Waals surface area contributed by atoms with Gasteiger partial charge in [-0.15, -0.1) is 0 Å². The van der Waals surface area contributed by atoms with E-state index in [1.54, 1.807) is 0 Å². The van der Waals surface area contributed by atoms with Crippen LogP contribution in [0.2, 0.25) is 0 Å². The van der Waals surface area contributed by atoms with Crippen LogP contribution in [0.15, 0.2) is 0 Å². The predicted octanol–water partition coefficient (Wildman–Crippen LogP) is -3.38. The van der Waals surface area contributed by atoms with Crippen molar-refractivity contribution < 1.29 is 44.2 Å². The maximum Gasteiger partial charge on any atom is 2.00 e. The normalized spacial score (nSPS) is 7.38. The third-order valence-electron chi connectivity index (χ3n) is 0. The second-order valence-corrected chi connectivity index (χ2v) is 1.34. The number of phosphoric acid groups is 1. The molecule has 0 saturated carbocycles. The fourth-order valence-electron chi connectivity index (χ4n) is 0. The quantitative estimate of drug-likeness (QED) is 0.310. The van der Waals surface area contributed by atoms with E-state index in [1.807, 2.05) is 0 Å². The first-order valence-corrected chi connectivity index (χ1v) is 2.19. The Bertz CT molecular complexity index is 58.6. The van der Waals surface area contributed by atoms with Gasteiger partial charge in [-0.3, -0.25) is 0 Å². The number of hydrogen-bond donors (Lipinski definition) is 0. The summed E-state index contributed by atoms with van der Waals surface area (Å²) in [5.41, 5.74) is 0. The van der Waals surface area contributed by atoms with Gasteiger partial charge >= 0.3 is 57.2 Å². The SMILES string of the molecule is O=P([O-])([O-])[O-].[Ca+2].[OH-].[Zn+2]. The van der Waals surface area contributed by atoms with Crippen molar-refractivity contribution >= 4 is 45.6 Å². The van der Waals surface area contributed by atoms with Crippen molar-refractivity contribution in [2.45, 2.75) is 0 Å². The molecule has 0 atom stereocenters. The Kier molecular flexibility index (Phi) is 25.2. The van der Waals surface area contributed by atoms with Gasteiger partial charge in [0.1, 0.15) is 0 Å². The average molecular weight is 217 g/mol. The molecule has 8 heavy (non-hydrogen) atoms. The topological polar surface area (TPSA) is 116 Å². The first kappa shape index (κ1) is 22.5. The van der Waals surface area contributed by atoms with Crippen LogP contribution < -0.4 is 14.7 Å². The van der Waals surface area contributed by atoms with Gasteiger partial charge in [0, 0.05) is 0 Å². The van der Waals surface area contributed by atoms with Gasteiger partial charge in [0.25, 0.3) is 0 Å². The second-order valence-electron chi connectivity index (χ2n) is 0.447. The van der Waals surface area contributed by atoms with Crippen molar-refractivity contribution in [1.29, 1.82) is 0 Å². The van der Waals surface area contributed by atoms with Gasteiger partial charge in [-0.25, -0.2) is 0 Å². The zero-order valence-electron chi connectivity index (χ0n) is 3.94. The van der Waals surface area contributed by atoms with E-state index in [2.05, 4.69) is 0 Å². The Labute approximate surface area is 88.8 Å². The van der Waals surface area contributed by atoms with Crippen molar-refractivity contribution in [3.63, 3.8) is 0 Å². The summed E-state index contributed by atoms with van der Waals surface area (Å²) in [6.45, 7) is 0. The fraction of sp³-hybridized carbons (Fsp3) is 0. The van der Waals surface area contributed by atoms with Crippen LogP contribution >= 0.6 is 7.82 Å². The molecule has 0 radical (unpaired) electrons. The second kappa shape index (κ2) is 8.95. The molecule has 0 aliphatic rings. The average Bonchev–Trinajstić information content (AvgIpc) is 0.722. The molecule has 0 aliphatic heterocycles. The summed E-state index contributed by atoms with van der Waals surface area (Å²) in [6, 6.07) is 0. The van der Waals surface area contributed by atoms with Crippen molar-refractivity contribution in [3.05, 3.63) is 0 Å². The van der Waals surface area contributed by atoms with Gasteiger partial charge in [-0.2, -0.15) is 7.82 Å².